The number of halogens is 1. The number of aromatic amines is 1. The Labute approximate surface area is 103 Å². The van der Waals surface area contributed by atoms with E-state index in [9.17, 15) is 9.59 Å². The molecule has 0 atom stereocenters. The van der Waals surface area contributed by atoms with Crippen LogP contribution < -0.4 is 0 Å². The van der Waals surface area contributed by atoms with Crippen molar-refractivity contribution in [2.75, 3.05) is 6.61 Å². The number of ether oxygens (including phenoxy) is 1. The van der Waals surface area contributed by atoms with Crippen molar-refractivity contribution in [3.8, 4) is 0 Å². The Morgan fingerprint density at radius 2 is 2.29 bits per heavy atom. The zero-order valence-electron chi connectivity index (χ0n) is 9.12. The van der Waals surface area contributed by atoms with Crippen LogP contribution in [0.2, 0.25) is 5.02 Å². The maximum absolute atomic E-state index is 11.6. The van der Waals surface area contributed by atoms with Crippen molar-refractivity contribution in [1.29, 1.82) is 0 Å². The van der Waals surface area contributed by atoms with Crippen LogP contribution in [0, 0.1) is 0 Å². The lowest BCUT2D eigenvalue weighted by Gasteiger charge is -1.99. The predicted octanol–water partition coefficient (Wildman–Crippen LogP) is 2.81. The van der Waals surface area contributed by atoms with Crippen molar-refractivity contribution < 1.29 is 14.3 Å². The summed E-state index contributed by atoms with van der Waals surface area (Å²) in [6, 6.07) is 5.04. The molecule has 88 valence electrons. The number of fused-ring (bicyclic) bond motifs is 1. The summed E-state index contributed by atoms with van der Waals surface area (Å²) in [7, 11) is 0. The van der Waals surface area contributed by atoms with E-state index in [0.717, 1.165) is 0 Å². The maximum atomic E-state index is 11.6. The first-order valence-corrected chi connectivity index (χ1v) is 5.48. The Kier molecular flexibility index (Phi) is 3.15. The Morgan fingerprint density at radius 1 is 1.53 bits per heavy atom. The number of nitrogens with one attached hydrogen (secondary N) is 1. The van der Waals surface area contributed by atoms with Crippen LogP contribution in [-0.4, -0.2) is 23.8 Å². The Morgan fingerprint density at radius 3 is 2.94 bits per heavy atom. The Hall–Kier alpha value is -1.81. The van der Waals surface area contributed by atoms with Crippen molar-refractivity contribution in [2.45, 2.75) is 6.92 Å². The highest BCUT2D eigenvalue weighted by Crippen LogP contribution is 2.24. The van der Waals surface area contributed by atoms with Gasteiger partial charge in [-0.05, 0) is 25.1 Å². The molecule has 17 heavy (non-hydrogen) atoms. The number of carbonyl (C=O) groups excluding carboxylic acids is 2. The lowest BCUT2D eigenvalue weighted by molar-refractivity contribution is 0.0518. The van der Waals surface area contributed by atoms with Crippen LogP contribution >= 0.6 is 11.6 Å². The number of hydrogen-bond donors (Lipinski definition) is 1. The number of aromatic nitrogens is 1. The second-order valence-corrected chi connectivity index (χ2v) is 3.88. The van der Waals surface area contributed by atoms with Gasteiger partial charge in [-0.15, -0.1) is 0 Å². The molecule has 0 bridgehead atoms. The van der Waals surface area contributed by atoms with Gasteiger partial charge >= 0.3 is 5.97 Å². The van der Waals surface area contributed by atoms with Crippen molar-refractivity contribution in [3.63, 3.8) is 0 Å². The standard InChI is InChI=1S/C12H10ClNO3/c1-2-17-12(16)11-9(6-15)8-5-7(13)3-4-10(8)14-11/h3-6,14H,2H2,1H3. The van der Waals surface area contributed by atoms with E-state index in [1.165, 1.54) is 0 Å². The average molecular weight is 252 g/mol. The van der Waals surface area contributed by atoms with Crippen LogP contribution in [0.15, 0.2) is 18.2 Å². The fourth-order valence-corrected chi connectivity index (χ4v) is 1.84. The van der Waals surface area contributed by atoms with E-state index in [4.69, 9.17) is 16.3 Å². The molecule has 5 heteroatoms. The van der Waals surface area contributed by atoms with Crippen molar-refractivity contribution in [1.82, 2.24) is 4.98 Å². The molecule has 0 aliphatic carbocycles. The van der Waals surface area contributed by atoms with Gasteiger partial charge in [0.1, 0.15) is 5.69 Å². The average Bonchev–Trinajstić information content (AvgIpc) is 2.67. The molecule has 1 aromatic carbocycles. The molecule has 0 fully saturated rings. The van der Waals surface area contributed by atoms with Gasteiger partial charge in [0.25, 0.3) is 0 Å². The minimum absolute atomic E-state index is 0.166. The van der Waals surface area contributed by atoms with Gasteiger partial charge in [0, 0.05) is 15.9 Å². The summed E-state index contributed by atoms with van der Waals surface area (Å²) in [6.07, 6.45) is 0.626. The third-order valence-electron chi connectivity index (χ3n) is 2.40. The Bertz CT molecular complexity index is 589. The van der Waals surface area contributed by atoms with E-state index in [2.05, 4.69) is 4.98 Å². The number of H-pyrrole nitrogens is 1. The van der Waals surface area contributed by atoms with E-state index in [0.29, 0.717) is 22.2 Å². The molecule has 0 saturated carbocycles. The number of esters is 1. The fraction of sp³-hybridized carbons (Fsp3) is 0.167. The molecular weight excluding hydrogens is 242 g/mol. The largest absolute Gasteiger partial charge is 0.461 e. The smallest absolute Gasteiger partial charge is 0.355 e. The third-order valence-corrected chi connectivity index (χ3v) is 2.63. The van der Waals surface area contributed by atoms with Gasteiger partial charge in [-0.25, -0.2) is 4.79 Å². The molecule has 1 N–H and O–H groups in total. The fourth-order valence-electron chi connectivity index (χ4n) is 1.67. The van der Waals surface area contributed by atoms with Crippen LogP contribution in [0.4, 0.5) is 0 Å². The molecule has 0 saturated heterocycles. The molecule has 4 nitrogen and oxygen atoms in total. The SMILES string of the molecule is CCOC(=O)c1[nH]c2ccc(Cl)cc2c1C=O. The van der Waals surface area contributed by atoms with Crippen molar-refractivity contribution in [2.24, 2.45) is 0 Å². The monoisotopic (exact) mass is 251 g/mol. The van der Waals surface area contributed by atoms with Crippen LogP contribution in [-0.2, 0) is 4.74 Å². The van der Waals surface area contributed by atoms with Gasteiger partial charge in [0.2, 0.25) is 0 Å². The zero-order valence-corrected chi connectivity index (χ0v) is 9.88. The topological polar surface area (TPSA) is 59.2 Å². The first-order chi connectivity index (χ1) is 8.17. The summed E-state index contributed by atoms with van der Waals surface area (Å²) in [4.78, 5) is 25.5. The van der Waals surface area contributed by atoms with Crippen molar-refractivity contribution >= 4 is 34.8 Å². The van der Waals surface area contributed by atoms with E-state index in [1.807, 2.05) is 0 Å². The van der Waals surface area contributed by atoms with E-state index in [1.54, 1.807) is 25.1 Å². The van der Waals surface area contributed by atoms with Gasteiger partial charge in [-0.3, -0.25) is 4.79 Å². The molecule has 1 heterocycles. The van der Waals surface area contributed by atoms with Crippen LogP contribution in [0.5, 0.6) is 0 Å². The van der Waals surface area contributed by atoms with Gasteiger partial charge < -0.3 is 9.72 Å². The number of benzene rings is 1. The maximum Gasteiger partial charge on any atom is 0.355 e. The number of rotatable bonds is 3. The summed E-state index contributed by atoms with van der Waals surface area (Å²) < 4.78 is 4.87. The molecule has 0 amide bonds. The summed E-state index contributed by atoms with van der Waals surface area (Å²) >= 11 is 5.85. The zero-order chi connectivity index (χ0) is 12.4. The molecule has 0 radical (unpaired) electrons. The number of aldehydes is 1. The normalized spacial score (nSPS) is 10.5. The molecule has 0 aliphatic rings. The molecular formula is C12H10ClNO3. The van der Waals surface area contributed by atoms with Crippen LogP contribution in [0.3, 0.4) is 0 Å². The number of carbonyl (C=O) groups is 2. The highest BCUT2D eigenvalue weighted by molar-refractivity contribution is 6.31. The second kappa shape index (κ2) is 4.59. The first kappa shape index (κ1) is 11.7. The second-order valence-electron chi connectivity index (χ2n) is 3.44. The summed E-state index contributed by atoms with van der Waals surface area (Å²) in [5, 5.41) is 1.13. The highest BCUT2D eigenvalue weighted by Gasteiger charge is 2.18. The van der Waals surface area contributed by atoms with Gasteiger partial charge in [-0.2, -0.15) is 0 Å². The summed E-state index contributed by atoms with van der Waals surface area (Å²) in [5.74, 6) is -0.540. The van der Waals surface area contributed by atoms with Gasteiger partial charge in [0.05, 0.1) is 12.2 Å². The third kappa shape index (κ3) is 2.03. The predicted molar refractivity (Wildman–Crippen MR) is 64.7 cm³/mol. The van der Waals surface area contributed by atoms with Crippen LogP contribution in [0.1, 0.15) is 27.8 Å². The molecule has 0 aliphatic heterocycles. The quantitative estimate of drug-likeness (QED) is 0.674. The summed E-state index contributed by atoms with van der Waals surface area (Å²) in [5.41, 5.74) is 1.12. The van der Waals surface area contributed by atoms with E-state index >= 15 is 0 Å². The number of hydrogen-bond acceptors (Lipinski definition) is 3. The lowest BCUT2D eigenvalue weighted by Crippen LogP contribution is -2.07. The molecule has 0 spiro atoms. The summed E-state index contributed by atoms with van der Waals surface area (Å²) in [6.45, 7) is 1.96. The van der Waals surface area contributed by atoms with Crippen LogP contribution in [0.25, 0.3) is 10.9 Å². The highest BCUT2D eigenvalue weighted by atomic mass is 35.5. The Balaban J connectivity index is 2.64. The first-order valence-electron chi connectivity index (χ1n) is 5.11. The molecule has 2 rings (SSSR count). The molecule has 1 aromatic heterocycles. The molecule has 0 unspecified atom stereocenters. The van der Waals surface area contributed by atoms with Gasteiger partial charge in [0.15, 0.2) is 6.29 Å². The van der Waals surface area contributed by atoms with Crippen molar-refractivity contribution in [3.05, 3.63) is 34.5 Å². The van der Waals surface area contributed by atoms with E-state index < -0.39 is 5.97 Å². The lowest BCUT2D eigenvalue weighted by atomic mass is 10.1. The minimum atomic E-state index is -0.540. The molecule has 2 aromatic rings. The van der Waals surface area contributed by atoms with E-state index in [-0.39, 0.29) is 17.9 Å². The van der Waals surface area contributed by atoms with Gasteiger partial charge in [-0.1, -0.05) is 11.6 Å². The minimum Gasteiger partial charge on any atom is -0.461 e.